The summed E-state index contributed by atoms with van der Waals surface area (Å²) in [5.74, 6) is 0.0163. The van der Waals surface area contributed by atoms with Gasteiger partial charge < -0.3 is 0 Å². The number of benzene rings is 2. The van der Waals surface area contributed by atoms with Crippen LogP contribution in [0.2, 0.25) is 0 Å². The number of rotatable bonds is 3. The van der Waals surface area contributed by atoms with Gasteiger partial charge in [0, 0.05) is 18.0 Å². The van der Waals surface area contributed by atoms with E-state index in [1.165, 1.54) is 0 Å². The number of carbonyl (C=O) groups is 1. The van der Waals surface area contributed by atoms with Gasteiger partial charge in [0.2, 0.25) is 5.91 Å². The number of aromatic nitrogens is 3. The first-order valence-electron chi connectivity index (χ1n) is 10.2. The molecule has 5 rings (SSSR count). The molecular weight excluding hydrogens is 438 g/mol. The first-order valence-corrected chi connectivity index (χ1v) is 11.4. The van der Waals surface area contributed by atoms with Crippen molar-refractivity contribution >= 4 is 57.1 Å². The summed E-state index contributed by atoms with van der Waals surface area (Å²) in [4.78, 5) is 31.7. The van der Waals surface area contributed by atoms with Crippen molar-refractivity contribution in [2.45, 2.75) is 25.7 Å². The van der Waals surface area contributed by atoms with Crippen LogP contribution in [0.25, 0.3) is 10.8 Å². The second-order valence-corrected chi connectivity index (χ2v) is 9.91. The van der Waals surface area contributed by atoms with Crippen molar-refractivity contribution < 1.29 is 4.79 Å². The van der Waals surface area contributed by atoms with Gasteiger partial charge in [-0.2, -0.15) is 5.10 Å². The van der Waals surface area contributed by atoms with Gasteiger partial charge in [-0.1, -0.05) is 18.2 Å². The number of pyridine rings is 1. The molecule has 2 atom stereocenters. The number of fused-ring (bicyclic) bond motifs is 2. The SMILES string of the molecule is CC1(C)C(=O)N(c2cncc(Cc3n[nH]c(=O)c4cc(P)ccc34)c2)c2ccc(P)cc21. The number of nitrogens with one attached hydrogen (secondary N) is 1. The van der Waals surface area contributed by atoms with E-state index in [4.69, 9.17) is 0 Å². The van der Waals surface area contributed by atoms with Gasteiger partial charge >= 0.3 is 0 Å². The Balaban J connectivity index is 1.56. The van der Waals surface area contributed by atoms with Crippen molar-refractivity contribution in [3.63, 3.8) is 0 Å². The Labute approximate surface area is 189 Å². The highest BCUT2D eigenvalue weighted by Gasteiger charge is 2.44. The Morgan fingerprint density at radius 3 is 2.53 bits per heavy atom. The fourth-order valence-electron chi connectivity index (χ4n) is 4.27. The van der Waals surface area contributed by atoms with Gasteiger partial charge in [0.25, 0.3) is 5.56 Å². The molecule has 0 spiro atoms. The van der Waals surface area contributed by atoms with Crippen LogP contribution in [0.1, 0.15) is 30.7 Å². The lowest BCUT2D eigenvalue weighted by Crippen LogP contribution is -2.33. The summed E-state index contributed by atoms with van der Waals surface area (Å²) in [7, 11) is 5.30. The van der Waals surface area contributed by atoms with Crippen molar-refractivity contribution in [1.29, 1.82) is 0 Å². The molecule has 0 saturated carbocycles. The van der Waals surface area contributed by atoms with Crippen molar-refractivity contribution in [2.75, 3.05) is 4.90 Å². The van der Waals surface area contributed by atoms with Crippen LogP contribution in [0.15, 0.2) is 59.7 Å². The second kappa shape index (κ2) is 7.58. The third kappa shape index (κ3) is 3.35. The molecule has 0 bridgehead atoms. The third-order valence-corrected chi connectivity index (χ3v) is 6.69. The number of nitrogens with zero attached hydrogens (tertiary/aromatic N) is 3. The molecule has 0 fully saturated rings. The molecule has 0 radical (unpaired) electrons. The number of H-pyrrole nitrogens is 1. The maximum Gasteiger partial charge on any atom is 0.272 e. The molecule has 0 saturated heterocycles. The standard InChI is InChI=1S/C24H22N4O2P2/c1-24(2)19-10-16(32)4-6-21(19)28(23(24)30)14-7-13(11-25-12-14)8-20-17-5-3-15(31)9-18(17)22(29)27-26-20/h3-7,9-12H,8,31-32H2,1-2H3,(H,27,29). The molecule has 1 aliphatic heterocycles. The van der Waals surface area contributed by atoms with E-state index in [-0.39, 0.29) is 11.5 Å². The van der Waals surface area contributed by atoms with E-state index < -0.39 is 5.41 Å². The van der Waals surface area contributed by atoms with Gasteiger partial charge in [-0.15, -0.1) is 18.5 Å². The summed E-state index contributed by atoms with van der Waals surface area (Å²) in [6.45, 7) is 3.90. The highest BCUT2D eigenvalue weighted by molar-refractivity contribution is 7.27. The Hall–Kier alpha value is -2.94. The predicted molar refractivity (Wildman–Crippen MR) is 135 cm³/mol. The number of hydrogen-bond acceptors (Lipinski definition) is 4. The van der Waals surface area contributed by atoms with Gasteiger partial charge in [-0.05, 0) is 59.8 Å². The first kappa shape index (κ1) is 20.9. The fourth-order valence-corrected chi connectivity index (χ4v) is 4.80. The summed E-state index contributed by atoms with van der Waals surface area (Å²) < 4.78 is 0. The maximum atomic E-state index is 13.3. The van der Waals surface area contributed by atoms with Crippen LogP contribution in [0.4, 0.5) is 11.4 Å². The van der Waals surface area contributed by atoms with Crippen molar-refractivity contribution in [3.05, 3.63) is 82.0 Å². The minimum Gasteiger partial charge on any atom is -0.278 e. The zero-order chi connectivity index (χ0) is 22.6. The quantitative estimate of drug-likeness (QED) is 0.477. The molecule has 1 N–H and O–H groups in total. The van der Waals surface area contributed by atoms with Crippen LogP contribution in [0.3, 0.4) is 0 Å². The van der Waals surface area contributed by atoms with E-state index in [1.807, 2.05) is 56.3 Å². The lowest BCUT2D eigenvalue weighted by molar-refractivity contribution is -0.121. The highest BCUT2D eigenvalue weighted by atomic mass is 31.0. The molecule has 1 aliphatic rings. The normalized spacial score (nSPS) is 14.8. The average Bonchev–Trinajstić information content (AvgIpc) is 2.96. The third-order valence-electron chi connectivity index (χ3n) is 5.97. The van der Waals surface area contributed by atoms with Gasteiger partial charge in [0.05, 0.1) is 34.1 Å². The topological polar surface area (TPSA) is 79.0 Å². The number of anilines is 2. The smallest absolute Gasteiger partial charge is 0.272 e. The summed E-state index contributed by atoms with van der Waals surface area (Å²) >= 11 is 0. The molecule has 0 aliphatic carbocycles. The van der Waals surface area contributed by atoms with Crippen LogP contribution in [-0.2, 0) is 16.6 Å². The molecule has 2 aromatic heterocycles. The van der Waals surface area contributed by atoms with Crippen LogP contribution in [0.5, 0.6) is 0 Å². The van der Waals surface area contributed by atoms with Crippen LogP contribution < -0.4 is 21.1 Å². The summed E-state index contributed by atoms with van der Waals surface area (Å²) in [5.41, 5.74) is 3.42. The van der Waals surface area contributed by atoms with Crippen LogP contribution in [-0.4, -0.2) is 21.1 Å². The van der Waals surface area contributed by atoms with E-state index >= 15 is 0 Å². The van der Waals surface area contributed by atoms with Crippen molar-refractivity contribution in [3.8, 4) is 0 Å². The van der Waals surface area contributed by atoms with Gasteiger partial charge in [0.15, 0.2) is 0 Å². The Bertz CT molecular complexity index is 1460. The molecule has 8 heteroatoms. The summed E-state index contributed by atoms with van der Waals surface area (Å²) in [6, 6.07) is 13.7. The number of hydrogen-bond donors (Lipinski definition) is 1. The fraction of sp³-hybridized carbons (Fsp3) is 0.167. The largest absolute Gasteiger partial charge is 0.278 e. The monoisotopic (exact) mass is 460 g/mol. The summed E-state index contributed by atoms with van der Waals surface area (Å²) in [6.07, 6.45) is 3.96. The Kier molecular flexibility index (Phi) is 4.96. The van der Waals surface area contributed by atoms with Crippen LogP contribution in [0, 0.1) is 0 Å². The average molecular weight is 460 g/mol. The van der Waals surface area contributed by atoms with E-state index in [1.54, 1.807) is 17.3 Å². The van der Waals surface area contributed by atoms with Gasteiger partial charge in [-0.25, -0.2) is 5.10 Å². The number of carbonyl (C=O) groups excluding carboxylic acids is 1. The first-order chi connectivity index (χ1) is 15.3. The van der Waals surface area contributed by atoms with Gasteiger partial charge in [0.1, 0.15) is 0 Å². The van der Waals surface area contributed by atoms with Crippen molar-refractivity contribution in [1.82, 2.24) is 15.2 Å². The molecule has 32 heavy (non-hydrogen) atoms. The highest BCUT2D eigenvalue weighted by Crippen LogP contribution is 2.45. The van der Waals surface area contributed by atoms with E-state index in [0.29, 0.717) is 11.8 Å². The molecular formula is C24H22N4O2P2. The van der Waals surface area contributed by atoms with E-state index in [2.05, 4.69) is 33.7 Å². The lowest BCUT2D eigenvalue weighted by Gasteiger charge is -2.20. The molecule has 1 amide bonds. The zero-order valence-electron chi connectivity index (χ0n) is 17.7. The summed E-state index contributed by atoms with van der Waals surface area (Å²) in [5, 5.41) is 10.3. The minimum atomic E-state index is -0.621. The molecule has 2 unspecified atom stereocenters. The Morgan fingerprint density at radius 1 is 0.969 bits per heavy atom. The number of amides is 1. The van der Waals surface area contributed by atoms with Crippen molar-refractivity contribution in [2.24, 2.45) is 0 Å². The van der Waals surface area contributed by atoms with E-state index in [9.17, 15) is 9.59 Å². The van der Waals surface area contributed by atoms with Gasteiger partial charge in [-0.3, -0.25) is 19.5 Å². The maximum absolute atomic E-state index is 13.3. The molecule has 2 aromatic carbocycles. The molecule has 6 nitrogen and oxygen atoms in total. The van der Waals surface area contributed by atoms with Crippen LogP contribution >= 0.6 is 18.5 Å². The zero-order valence-corrected chi connectivity index (χ0v) is 20.0. The molecule has 4 aromatic rings. The lowest BCUT2D eigenvalue weighted by atomic mass is 9.86. The second-order valence-electron chi connectivity index (χ2n) is 8.57. The molecule has 160 valence electrons. The predicted octanol–water partition coefficient (Wildman–Crippen LogP) is 2.87. The minimum absolute atomic E-state index is 0.0163. The number of aromatic amines is 1. The van der Waals surface area contributed by atoms with E-state index in [0.717, 1.165) is 44.2 Å². The molecule has 3 heterocycles. The Morgan fingerprint density at radius 2 is 1.72 bits per heavy atom.